The Hall–Kier alpha value is -3.06. The number of halogens is 1. The zero-order valence-electron chi connectivity index (χ0n) is 17.7. The molecule has 1 aliphatic rings. The third kappa shape index (κ3) is 5.55. The SMILES string of the molecule is CCNC(=NCc1nccn1Cc1ccccc1)NC1CCN(c2ncccc2Cl)C1. The summed E-state index contributed by atoms with van der Waals surface area (Å²) in [5.41, 5.74) is 1.25. The molecule has 0 radical (unpaired) electrons. The van der Waals surface area contributed by atoms with Crippen molar-refractivity contribution in [3.8, 4) is 0 Å². The summed E-state index contributed by atoms with van der Waals surface area (Å²) in [6.45, 7) is 5.92. The van der Waals surface area contributed by atoms with Crippen LogP contribution in [-0.4, -0.2) is 46.2 Å². The zero-order chi connectivity index (χ0) is 21.5. The molecule has 0 amide bonds. The van der Waals surface area contributed by atoms with Gasteiger partial charge < -0.3 is 20.1 Å². The van der Waals surface area contributed by atoms with Gasteiger partial charge in [-0.3, -0.25) is 0 Å². The Morgan fingerprint density at radius 1 is 1.16 bits per heavy atom. The van der Waals surface area contributed by atoms with E-state index < -0.39 is 0 Å². The number of guanidine groups is 1. The second-order valence-corrected chi connectivity index (χ2v) is 7.94. The molecule has 1 fully saturated rings. The molecule has 4 rings (SSSR count). The van der Waals surface area contributed by atoms with Crippen molar-refractivity contribution < 1.29 is 0 Å². The summed E-state index contributed by atoms with van der Waals surface area (Å²) in [7, 11) is 0. The van der Waals surface area contributed by atoms with Crippen LogP contribution in [0.5, 0.6) is 0 Å². The Kier molecular flexibility index (Phi) is 7.04. The molecule has 8 heteroatoms. The monoisotopic (exact) mass is 437 g/mol. The Bertz CT molecular complexity index is 1000. The molecule has 1 unspecified atom stereocenters. The van der Waals surface area contributed by atoms with Gasteiger partial charge in [-0.05, 0) is 31.0 Å². The minimum atomic E-state index is 0.278. The van der Waals surface area contributed by atoms with Gasteiger partial charge >= 0.3 is 0 Å². The molecule has 7 nitrogen and oxygen atoms in total. The normalized spacial score (nSPS) is 16.5. The molecule has 3 heterocycles. The van der Waals surface area contributed by atoms with Gasteiger partial charge in [0.15, 0.2) is 5.96 Å². The van der Waals surface area contributed by atoms with Crippen molar-refractivity contribution in [2.24, 2.45) is 4.99 Å². The third-order valence-corrected chi connectivity index (χ3v) is 5.58. The Morgan fingerprint density at radius 3 is 2.84 bits per heavy atom. The number of benzene rings is 1. The van der Waals surface area contributed by atoms with Gasteiger partial charge in [-0.25, -0.2) is 15.0 Å². The van der Waals surface area contributed by atoms with Gasteiger partial charge in [0.05, 0.1) is 5.02 Å². The van der Waals surface area contributed by atoms with Crippen molar-refractivity contribution in [2.45, 2.75) is 32.5 Å². The number of imidazole rings is 1. The molecular weight excluding hydrogens is 410 g/mol. The number of rotatable bonds is 7. The molecule has 2 N–H and O–H groups in total. The fourth-order valence-corrected chi connectivity index (χ4v) is 4.00. The van der Waals surface area contributed by atoms with Crippen LogP contribution >= 0.6 is 11.6 Å². The van der Waals surface area contributed by atoms with E-state index in [1.807, 2.05) is 30.6 Å². The van der Waals surface area contributed by atoms with Gasteiger partial charge in [0.25, 0.3) is 0 Å². The Labute approximate surface area is 188 Å². The summed E-state index contributed by atoms with van der Waals surface area (Å²) >= 11 is 6.32. The minimum absolute atomic E-state index is 0.278. The topological polar surface area (TPSA) is 70.4 Å². The van der Waals surface area contributed by atoms with Gasteiger partial charge in [-0.2, -0.15) is 0 Å². The second-order valence-electron chi connectivity index (χ2n) is 7.54. The first kappa shape index (κ1) is 21.2. The van der Waals surface area contributed by atoms with Gasteiger partial charge in [0.2, 0.25) is 0 Å². The lowest BCUT2D eigenvalue weighted by Crippen LogP contribution is -2.44. The fourth-order valence-electron chi connectivity index (χ4n) is 3.76. The highest BCUT2D eigenvalue weighted by atomic mass is 35.5. The van der Waals surface area contributed by atoms with E-state index >= 15 is 0 Å². The Morgan fingerprint density at radius 2 is 2.03 bits per heavy atom. The lowest BCUT2D eigenvalue weighted by atomic mass is 10.2. The molecule has 31 heavy (non-hydrogen) atoms. The number of nitrogens with zero attached hydrogens (tertiary/aromatic N) is 5. The van der Waals surface area contributed by atoms with Crippen molar-refractivity contribution >= 4 is 23.4 Å². The molecule has 1 aromatic carbocycles. The molecule has 1 saturated heterocycles. The lowest BCUT2D eigenvalue weighted by Gasteiger charge is -2.20. The van der Waals surface area contributed by atoms with E-state index in [9.17, 15) is 0 Å². The smallest absolute Gasteiger partial charge is 0.191 e. The predicted octanol–water partition coefficient (Wildman–Crippen LogP) is 3.31. The van der Waals surface area contributed by atoms with E-state index in [0.717, 1.165) is 50.2 Å². The summed E-state index contributed by atoms with van der Waals surface area (Å²) in [6.07, 6.45) is 6.62. The van der Waals surface area contributed by atoms with Crippen molar-refractivity contribution in [3.05, 3.63) is 77.5 Å². The van der Waals surface area contributed by atoms with Crippen LogP contribution in [0.15, 0.2) is 66.0 Å². The van der Waals surface area contributed by atoms with E-state index in [0.29, 0.717) is 11.6 Å². The average molecular weight is 438 g/mol. The number of anilines is 1. The maximum absolute atomic E-state index is 6.32. The zero-order valence-corrected chi connectivity index (χ0v) is 18.5. The summed E-state index contributed by atoms with van der Waals surface area (Å²) in [4.78, 5) is 15.9. The first-order chi connectivity index (χ1) is 15.2. The number of aromatic nitrogens is 3. The predicted molar refractivity (Wildman–Crippen MR) is 126 cm³/mol. The van der Waals surface area contributed by atoms with Crippen LogP contribution in [0.2, 0.25) is 5.02 Å². The maximum atomic E-state index is 6.32. The Balaban J connectivity index is 1.38. The minimum Gasteiger partial charge on any atom is -0.357 e. The van der Waals surface area contributed by atoms with Crippen molar-refractivity contribution in [1.82, 2.24) is 25.2 Å². The maximum Gasteiger partial charge on any atom is 0.191 e. The van der Waals surface area contributed by atoms with Crippen LogP contribution in [-0.2, 0) is 13.1 Å². The molecule has 2 aromatic heterocycles. The van der Waals surface area contributed by atoms with Gasteiger partial charge in [-0.15, -0.1) is 0 Å². The van der Waals surface area contributed by atoms with E-state index in [1.54, 1.807) is 6.20 Å². The average Bonchev–Trinajstić information content (AvgIpc) is 3.43. The molecule has 1 aliphatic heterocycles. The molecular formula is C23H28ClN7. The molecule has 0 spiro atoms. The van der Waals surface area contributed by atoms with Crippen LogP contribution in [0.1, 0.15) is 24.7 Å². The second kappa shape index (κ2) is 10.3. The first-order valence-electron chi connectivity index (χ1n) is 10.7. The van der Waals surface area contributed by atoms with Crippen LogP contribution in [0.25, 0.3) is 0 Å². The fraction of sp³-hybridized carbons (Fsp3) is 0.348. The number of pyridine rings is 1. The first-order valence-corrected chi connectivity index (χ1v) is 11.0. The lowest BCUT2D eigenvalue weighted by molar-refractivity contribution is 0.645. The van der Waals surface area contributed by atoms with Crippen LogP contribution in [0, 0.1) is 0 Å². The summed E-state index contributed by atoms with van der Waals surface area (Å²) in [5.74, 6) is 2.59. The van der Waals surface area contributed by atoms with Gasteiger partial charge in [-0.1, -0.05) is 41.9 Å². The van der Waals surface area contributed by atoms with E-state index in [2.05, 4.69) is 61.3 Å². The molecule has 1 atom stereocenters. The summed E-state index contributed by atoms with van der Waals surface area (Å²) < 4.78 is 2.14. The standard InChI is InChI=1S/C23H28ClN7/c1-2-25-23(29-19-10-13-31(17-19)22-20(24)9-6-11-27-22)28-15-21-26-12-14-30(21)16-18-7-4-3-5-8-18/h3-9,11-12,14,19H,2,10,13,15-17H2,1H3,(H2,25,28,29). The number of aliphatic imine (C=N–C) groups is 1. The van der Waals surface area contributed by atoms with Crippen LogP contribution < -0.4 is 15.5 Å². The van der Waals surface area contributed by atoms with E-state index in [4.69, 9.17) is 16.6 Å². The third-order valence-electron chi connectivity index (χ3n) is 5.29. The van der Waals surface area contributed by atoms with Gasteiger partial charge in [0, 0.05) is 50.8 Å². The summed E-state index contributed by atoms with van der Waals surface area (Å²) in [5, 5.41) is 7.59. The van der Waals surface area contributed by atoms with Crippen LogP contribution in [0.3, 0.4) is 0 Å². The quantitative estimate of drug-likeness (QED) is 0.438. The number of hydrogen-bond donors (Lipinski definition) is 2. The highest BCUT2D eigenvalue weighted by Gasteiger charge is 2.25. The number of nitrogens with one attached hydrogen (secondary N) is 2. The molecule has 0 aliphatic carbocycles. The molecule has 162 valence electrons. The highest BCUT2D eigenvalue weighted by molar-refractivity contribution is 6.32. The highest BCUT2D eigenvalue weighted by Crippen LogP contribution is 2.25. The van der Waals surface area contributed by atoms with Gasteiger partial charge in [0.1, 0.15) is 18.2 Å². The summed E-state index contributed by atoms with van der Waals surface area (Å²) in [6, 6.07) is 14.4. The van der Waals surface area contributed by atoms with Crippen LogP contribution in [0.4, 0.5) is 5.82 Å². The van der Waals surface area contributed by atoms with E-state index in [1.165, 1.54) is 5.56 Å². The van der Waals surface area contributed by atoms with Crippen molar-refractivity contribution in [3.63, 3.8) is 0 Å². The largest absolute Gasteiger partial charge is 0.357 e. The number of hydrogen-bond acceptors (Lipinski definition) is 4. The van der Waals surface area contributed by atoms with Crippen molar-refractivity contribution in [1.29, 1.82) is 0 Å². The van der Waals surface area contributed by atoms with Crippen molar-refractivity contribution in [2.75, 3.05) is 24.5 Å². The molecule has 0 saturated carbocycles. The molecule has 3 aromatic rings. The van der Waals surface area contributed by atoms with E-state index in [-0.39, 0.29) is 6.04 Å². The molecule has 0 bridgehead atoms.